The van der Waals surface area contributed by atoms with Crippen LogP contribution in [0, 0.1) is 0 Å². The van der Waals surface area contributed by atoms with Crippen molar-refractivity contribution >= 4 is 56.3 Å². The van der Waals surface area contributed by atoms with Gasteiger partial charge in [-0.05, 0) is 70.9 Å². The zero-order chi connectivity index (χ0) is 24.5. The predicted molar refractivity (Wildman–Crippen MR) is 144 cm³/mol. The van der Waals surface area contributed by atoms with Crippen molar-refractivity contribution in [3.8, 4) is 5.75 Å². The second-order valence-electron chi connectivity index (χ2n) is 7.82. The monoisotopic (exact) mass is 565 g/mol. The molecule has 0 aliphatic carbocycles. The molecule has 0 saturated carbocycles. The topological polar surface area (TPSA) is 72.7 Å². The van der Waals surface area contributed by atoms with Crippen molar-refractivity contribution in [3.63, 3.8) is 0 Å². The zero-order valence-electron chi connectivity index (χ0n) is 18.8. The molecule has 0 fully saturated rings. The van der Waals surface area contributed by atoms with Gasteiger partial charge in [-0.3, -0.25) is 14.2 Å². The number of aromatic nitrogens is 1. The number of nitrogens with one attached hydrogen (secondary N) is 1. The first kappa shape index (κ1) is 23.5. The highest BCUT2D eigenvalue weighted by atomic mass is 79.9. The standard InChI is InChI=1S/C26H20BrN3O3S2/c1-15-22(24(31)29-17-6-4-3-5-7-17)23(16-8-10-18(33-2)11-9-16)30-25(32)20(35-26(30)28-15)14-19-12-13-21(27)34-19/h3-14,23H,1-2H3,(H,29,31)/t23-/m0/s1. The van der Waals surface area contributed by atoms with E-state index in [4.69, 9.17) is 4.74 Å². The molecule has 6 nitrogen and oxygen atoms in total. The third kappa shape index (κ3) is 4.67. The molecule has 1 atom stereocenters. The number of thiophene rings is 1. The molecule has 0 bridgehead atoms. The summed E-state index contributed by atoms with van der Waals surface area (Å²) < 4.78 is 8.48. The van der Waals surface area contributed by atoms with Crippen LogP contribution in [-0.4, -0.2) is 17.6 Å². The minimum Gasteiger partial charge on any atom is -0.497 e. The lowest BCUT2D eigenvalue weighted by molar-refractivity contribution is -0.113. The van der Waals surface area contributed by atoms with Crippen LogP contribution in [0.1, 0.15) is 23.4 Å². The second kappa shape index (κ2) is 9.77. The van der Waals surface area contributed by atoms with Crippen molar-refractivity contribution in [2.75, 3.05) is 12.4 Å². The number of rotatable bonds is 5. The summed E-state index contributed by atoms with van der Waals surface area (Å²) in [5, 5.41) is 2.96. The lowest BCUT2D eigenvalue weighted by atomic mass is 9.95. The van der Waals surface area contributed by atoms with Crippen molar-refractivity contribution in [1.29, 1.82) is 0 Å². The van der Waals surface area contributed by atoms with Crippen LogP contribution in [0.15, 0.2) is 91.6 Å². The van der Waals surface area contributed by atoms with E-state index >= 15 is 0 Å². The van der Waals surface area contributed by atoms with Crippen molar-refractivity contribution in [2.45, 2.75) is 13.0 Å². The summed E-state index contributed by atoms with van der Waals surface area (Å²) >= 11 is 6.34. The number of carbonyl (C=O) groups excluding carboxylic acids is 1. The fraction of sp³-hybridized carbons (Fsp3) is 0.115. The molecule has 1 amide bonds. The van der Waals surface area contributed by atoms with Crippen LogP contribution in [0.2, 0.25) is 0 Å². The van der Waals surface area contributed by atoms with Crippen molar-refractivity contribution in [3.05, 3.63) is 112 Å². The molecule has 176 valence electrons. The van der Waals surface area contributed by atoms with Crippen molar-refractivity contribution in [2.24, 2.45) is 4.99 Å². The van der Waals surface area contributed by atoms with Crippen LogP contribution in [0.5, 0.6) is 5.75 Å². The van der Waals surface area contributed by atoms with Gasteiger partial charge in [-0.2, -0.15) is 0 Å². The number of fused-ring (bicyclic) bond motifs is 1. The van der Waals surface area contributed by atoms with Crippen LogP contribution in [0.3, 0.4) is 0 Å². The van der Waals surface area contributed by atoms with E-state index < -0.39 is 6.04 Å². The van der Waals surface area contributed by atoms with E-state index in [2.05, 4.69) is 26.2 Å². The molecule has 0 spiro atoms. The molecule has 4 aromatic rings. The largest absolute Gasteiger partial charge is 0.497 e. The third-order valence-corrected chi connectivity index (χ3v) is 8.15. The van der Waals surface area contributed by atoms with Gasteiger partial charge >= 0.3 is 0 Å². The van der Waals surface area contributed by atoms with Crippen LogP contribution in [0.25, 0.3) is 6.08 Å². The van der Waals surface area contributed by atoms with Gasteiger partial charge in [0.15, 0.2) is 4.80 Å². The minimum atomic E-state index is -0.627. The Morgan fingerprint density at radius 1 is 1.09 bits per heavy atom. The molecule has 1 N–H and O–H groups in total. The molecule has 5 rings (SSSR count). The van der Waals surface area contributed by atoms with Gasteiger partial charge in [-0.25, -0.2) is 4.99 Å². The molecule has 2 aromatic heterocycles. The number of para-hydroxylation sites is 1. The molecule has 3 heterocycles. The zero-order valence-corrected chi connectivity index (χ0v) is 22.0. The molecular weight excluding hydrogens is 546 g/mol. The number of ether oxygens (including phenoxy) is 1. The Kier molecular flexibility index (Phi) is 6.55. The van der Waals surface area contributed by atoms with Crippen LogP contribution in [-0.2, 0) is 4.79 Å². The Hall–Kier alpha value is -3.27. The SMILES string of the molecule is COc1ccc([C@H]2C(C(=O)Nc3ccccc3)=C(C)N=c3sc(=Cc4ccc(Br)s4)c(=O)n32)cc1. The van der Waals surface area contributed by atoms with E-state index in [-0.39, 0.29) is 11.5 Å². The van der Waals surface area contributed by atoms with Crippen molar-refractivity contribution in [1.82, 2.24) is 4.57 Å². The van der Waals surface area contributed by atoms with Crippen molar-refractivity contribution < 1.29 is 9.53 Å². The first-order valence-corrected chi connectivity index (χ1v) is 13.2. The molecular formula is C26H20BrN3O3S2. The molecule has 0 unspecified atom stereocenters. The first-order chi connectivity index (χ1) is 16.9. The van der Waals surface area contributed by atoms with Crippen LogP contribution < -0.4 is 24.9 Å². The molecule has 1 aliphatic rings. The maximum absolute atomic E-state index is 13.7. The van der Waals surface area contributed by atoms with Gasteiger partial charge in [0, 0.05) is 10.6 Å². The fourth-order valence-electron chi connectivity index (χ4n) is 3.97. The summed E-state index contributed by atoms with van der Waals surface area (Å²) in [6.45, 7) is 1.81. The molecule has 9 heteroatoms. The Morgan fingerprint density at radius 3 is 2.49 bits per heavy atom. The highest BCUT2D eigenvalue weighted by Gasteiger charge is 2.32. The summed E-state index contributed by atoms with van der Waals surface area (Å²) in [5.41, 5.74) is 2.29. The Balaban J connectivity index is 1.67. The van der Waals surface area contributed by atoms with Gasteiger partial charge in [-0.15, -0.1) is 11.3 Å². The number of halogens is 1. The first-order valence-electron chi connectivity index (χ1n) is 10.7. The number of methoxy groups -OCH3 is 1. The Labute approximate surface area is 217 Å². The number of benzene rings is 2. The second-order valence-corrected chi connectivity index (χ2v) is 11.3. The number of hydrogen-bond acceptors (Lipinski definition) is 6. The molecule has 2 aromatic carbocycles. The summed E-state index contributed by atoms with van der Waals surface area (Å²) in [7, 11) is 1.60. The van der Waals surface area contributed by atoms with E-state index in [0.29, 0.717) is 32.0 Å². The summed E-state index contributed by atoms with van der Waals surface area (Å²) in [6.07, 6.45) is 1.87. The number of hydrogen-bond donors (Lipinski definition) is 1. The number of allylic oxidation sites excluding steroid dienone is 1. The lowest BCUT2D eigenvalue weighted by Gasteiger charge is -2.25. The maximum atomic E-state index is 13.7. The number of thiazole rings is 1. The molecule has 35 heavy (non-hydrogen) atoms. The normalized spacial score (nSPS) is 15.5. The molecule has 0 radical (unpaired) electrons. The predicted octanol–water partition coefficient (Wildman–Crippen LogP) is 4.71. The van der Waals surface area contributed by atoms with Gasteiger partial charge in [0.05, 0.1) is 32.7 Å². The number of nitrogens with zero attached hydrogens (tertiary/aromatic N) is 2. The summed E-state index contributed by atoms with van der Waals surface area (Å²) in [4.78, 5) is 33.4. The average Bonchev–Trinajstić information content (AvgIpc) is 3.41. The Morgan fingerprint density at radius 2 is 1.83 bits per heavy atom. The number of amides is 1. The van der Waals surface area contributed by atoms with E-state index in [1.165, 1.54) is 11.3 Å². The highest BCUT2D eigenvalue weighted by molar-refractivity contribution is 9.11. The summed E-state index contributed by atoms with van der Waals surface area (Å²) in [6, 6.07) is 19.9. The van der Waals surface area contributed by atoms with Gasteiger partial charge in [0.25, 0.3) is 11.5 Å². The molecule has 1 aliphatic heterocycles. The quantitative estimate of drug-likeness (QED) is 0.381. The molecule has 0 saturated heterocycles. The smallest absolute Gasteiger partial charge is 0.271 e. The number of carbonyl (C=O) groups is 1. The van der Waals surface area contributed by atoms with E-state index in [9.17, 15) is 9.59 Å². The van der Waals surface area contributed by atoms with Gasteiger partial charge in [0.1, 0.15) is 5.75 Å². The fourth-order valence-corrected chi connectivity index (χ4v) is 6.45. The van der Waals surface area contributed by atoms with E-state index in [0.717, 1.165) is 14.2 Å². The highest BCUT2D eigenvalue weighted by Crippen LogP contribution is 2.32. The van der Waals surface area contributed by atoms with Gasteiger partial charge < -0.3 is 10.1 Å². The van der Waals surface area contributed by atoms with Gasteiger partial charge in [0.2, 0.25) is 0 Å². The van der Waals surface area contributed by atoms with E-state index in [1.54, 1.807) is 23.0 Å². The van der Waals surface area contributed by atoms with Gasteiger partial charge in [-0.1, -0.05) is 41.7 Å². The maximum Gasteiger partial charge on any atom is 0.271 e. The van der Waals surface area contributed by atoms with Crippen LogP contribution >= 0.6 is 38.6 Å². The minimum absolute atomic E-state index is 0.184. The average molecular weight is 567 g/mol. The van der Waals surface area contributed by atoms with E-state index in [1.807, 2.05) is 79.7 Å². The lowest BCUT2D eigenvalue weighted by Crippen LogP contribution is -2.40. The number of anilines is 1. The summed E-state index contributed by atoms with van der Waals surface area (Å²) in [5.74, 6) is 0.398. The Bertz CT molecular complexity index is 1620. The van der Waals surface area contributed by atoms with Crippen LogP contribution in [0.4, 0.5) is 5.69 Å². The third-order valence-electron chi connectivity index (χ3n) is 5.60.